The largest absolute Gasteiger partial charge is 0.351 e. The van der Waals surface area contributed by atoms with Crippen molar-refractivity contribution in [1.29, 1.82) is 0 Å². The van der Waals surface area contributed by atoms with Gasteiger partial charge in [0, 0.05) is 16.6 Å². The van der Waals surface area contributed by atoms with Gasteiger partial charge in [0.15, 0.2) is 0 Å². The number of halogens is 2. The van der Waals surface area contributed by atoms with E-state index in [-0.39, 0.29) is 5.91 Å². The summed E-state index contributed by atoms with van der Waals surface area (Å²) in [7, 11) is 0. The molecule has 0 atom stereocenters. The summed E-state index contributed by atoms with van der Waals surface area (Å²) >= 11 is 11.8. The van der Waals surface area contributed by atoms with Crippen molar-refractivity contribution in [2.24, 2.45) is 0 Å². The molecule has 0 aliphatic carbocycles. The van der Waals surface area contributed by atoms with Crippen LogP contribution < -0.4 is 5.32 Å². The van der Waals surface area contributed by atoms with Gasteiger partial charge in [-0.25, -0.2) is 0 Å². The second kappa shape index (κ2) is 5.19. The van der Waals surface area contributed by atoms with Gasteiger partial charge < -0.3 is 10.3 Å². The van der Waals surface area contributed by atoms with Crippen molar-refractivity contribution in [2.75, 3.05) is 5.32 Å². The third-order valence-corrected chi connectivity index (χ3v) is 3.69. The number of amides is 1. The number of benzene rings is 2. The molecule has 0 spiro atoms. The van der Waals surface area contributed by atoms with Gasteiger partial charge in [-0.3, -0.25) is 4.79 Å². The number of nitrogens with one attached hydrogen (secondary N) is 2. The van der Waals surface area contributed by atoms with Crippen LogP contribution in [0.15, 0.2) is 48.5 Å². The summed E-state index contributed by atoms with van der Waals surface area (Å²) in [5.41, 5.74) is 2.02. The fraction of sp³-hybridized carbons (Fsp3) is 0. The minimum atomic E-state index is -0.223. The standard InChI is InChI=1S/C15H10Cl2N2O/c16-11-6-5-10(8-12(11)17)18-15(20)14-7-9-3-1-2-4-13(9)19-14/h1-8,19H,(H,18,20). The van der Waals surface area contributed by atoms with E-state index < -0.39 is 0 Å². The Labute approximate surface area is 125 Å². The van der Waals surface area contributed by atoms with Crippen LogP contribution in [-0.4, -0.2) is 10.9 Å². The molecule has 5 heteroatoms. The normalized spacial score (nSPS) is 10.7. The summed E-state index contributed by atoms with van der Waals surface area (Å²) in [6, 6.07) is 14.5. The molecule has 0 unspecified atom stereocenters. The summed E-state index contributed by atoms with van der Waals surface area (Å²) in [6.07, 6.45) is 0. The Bertz CT molecular complexity index is 762. The molecular weight excluding hydrogens is 295 g/mol. The van der Waals surface area contributed by atoms with Gasteiger partial charge in [-0.05, 0) is 30.3 Å². The molecule has 0 saturated carbocycles. The summed E-state index contributed by atoms with van der Waals surface area (Å²) in [5, 5.41) is 4.62. The van der Waals surface area contributed by atoms with Crippen molar-refractivity contribution in [3.05, 3.63) is 64.3 Å². The molecule has 0 bridgehead atoms. The third-order valence-electron chi connectivity index (χ3n) is 2.95. The monoisotopic (exact) mass is 304 g/mol. The summed E-state index contributed by atoms with van der Waals surface area (Å²) in [6.45, 7) is 0. The molecule has 3 rings (SSSR count). The number of carbonyl (C=O) groups excluding carboxylic acids is 1. The van der Waals surface area contributed by atoms with Crippen LogP contribution >= 0.6 is 23.2 Å². The van der Waals surface area contributed by atoms with Crippen molar-refractivity contribution in [3.63, 3.8) is 0 Å². The van der Waals surface area contributed by atoms with E-state index in [0.29, 0.717) is 21.4 Å². The van der Waals surface area contributed by atoms with Crippen LogP contribution in [0.1, 0.15) is 10.5 Å². The Morgan fingerprint density at radius 3 is 2.55 bits per heavy atom. The quantitative estimate of drug-likeness (QED) is 0.706. The molecule has 0 aliphatic heterocycles. The van der Waals surface area contributed by atoms with Gasteiger partial charge in [0.05, 0.1) is 10.0 Å². The lowest BCUT2D eigenvalue weighted by Crippen LogP contribution is -2.12. The second-order valence-electron chi connectivity index (χ2n) is 4.35. The summed E-state index contributed by atoms with van der Waals surface area (Å²) < 4.78 is 0. The molecule has 0 aliphatic rings. The van der Waals surface area contributed by atoms with E-state index >= 15 is 0 Å². The molecule has 0 radical (unpaired) electrons. The highest BCUT2D eigenvalue weighted by molar-refractivity contribution is 6.42. The van der Waals surface area contributed by atoms with E-state index in [1.165, 1.54) is 0 Å². The maximum atomic E-state index is 12.2. The molecule has 1 heterocycles. The van der Waals surface area contributed by atoms with E-state index in [1.54, 1.807) is 18.2 Å². The first-order valence-electron chi connectivity index (χ1n) is 5.97. The minimum Gasteiger partial charge on any atom is -0.351 e. The Balaban J connectivity index is 1.86. The highest BCUT2D eigenvalue weighted by Crippen LogP contribution is 2.25. The molecule has 3 aromatic rings. The molecular formula is C15H10Cl2N2O. The van der Waals surface area contributed by atoms with Crippen LogP contribution in [-0.2, 0) is 0 Å². The number of aromatic amines is 1. The Morgan fingerprint density at radius 1 is 1.00 bits per heavy atom. The number of aromatic nitrogens is 1. The van der Waals surface area contributed by atoms with Crippen molar-refractivity contribution in [1.82, 2.24) is 4.98 Å². The van der Waals surface area contributed by atoms with Gasteiger partial charge in [-0.15, -0.1) is 0 Å². The molecule has 1 amide bonds. The lowest BCUT2D eigenvalue weighted by molar-refractivity contribution is 0.102. The Morgan fingerprint density at radius 2 is 1.80 bits per heavy atom. The fourth-order valence-corrected chi connectivity index (χ4v) is 2.27. The van der Waals surface area contributed by atoms with Gasteiger partial charge >= 0.3 is 0 Å². The molecule has 0 fully saturated rings. The second-order valence-corrected chi connectivity index (χ2v) is 5.17. The van der Waals surface area contributed by atoms with E-state index in [2.05, 4.69) is 10.3 Å². The van der Waals surface area contributed by atoms with E-state index in [1.807, 2.05) is 30.3 Å². The number of H-pyrrole nitrogens is 1. The first-order valence-corrected chi connectivity index (χ1v) is 6.73. The average molecular weight is 305 g/mol. The number of anilines is 1. The SMILES string of the molecule is O=C(Nc1ccc(Cl)c(Cl)c1)c1cc2ccccc2[nH]1. The van der Waals surface area contributed by atoms with E-state index in [9.17, 15) is 4.79 Å². The van der Waals surface area contributed by atoms with Gasteiger partial charge in [0.2, 0.25) is 0 Å². The zero-order valence-electron chi connectivity index (χ0n) is 10.3. The number of fused-ring (bicyclic) bond motifs is 1. The van der Waals surface area contributed by atoms with Crippen LogP contribution in [0.3, 0.4) is 0 Å². The van der Waals surface area contributed by atoms with Gasteiger partial charge in [-0.2, -0.15) is 0 Å². The average Bonchev–Trinajstić information content (AvgIpc) is 2.87. The topological polar surface area (TPSA) is 44.9 Å². The number of carbonyl (C=O) groups is 1. The molecule has 3 nitrogen and oxygen atoms in total. The predicted octanol–water partition coefficient (Wildman–Crippen LogP) is 4.73. The minimum absolute atomic E-state index is 0.223. The van der Waals surface area contributed by atoms with Crippen molar-refractivity contribution in [2.45, 2.75) is 0 Å². The van der Waals surface area contributed by atoms with Crippen LogP contribution in [0.25, 0.3) is 10.9 Å². The zero-order valence-corrected chi connectivity index (χ0v) is 11.8. The van der Waals surface area contributed by atoms with E-state index in [0.717, 1.165) is 10.9 Å². The van der Waals surface area contributed by atoms with Crippen LogP contribution in [0, 0.1) is 0 Å². The first kappa shape index (κ1) is 13.0. The van der Waals surface area contributed by atoms with Crippen molar-refractivity contribution < 1.29 is 4.79 Å². The Kier molecular flexibility index (Phi) is 3.38. The number of para-hydroxylation sites is 1. The molecule has 2 aromatic carbocycles. The highest BCUT2D eigenvalue weighted by atomic mass is 35.5. The maximum absolute atomic E-state index is 12.2. The third kappa shape index (κ3) is 2.50. The maximum Gasteiger partial charge on any atom is 0.272 e. The number of rotatable bonds is 2. The molecule has 0 saturated heterocycles. The molecule has 1 aromatic heterocycles. The molecule has 100 valence electrons. The summed E-state index contributed by atoms with van der Waals surface area (Å²) in [4.78, 5) is 15.2. The van der Waals surface area contributed by atoms with Crippen molar-refractivity contribution >= 4 is 45.7 Å². The van der Waals surface area contributed by atoms with Gasteiger partial charge in [-0.1, -0.05) is 41.4 Å². The zero-order chi connectivity index (χ0) is 14.1. The lowest BCUT2D eigenvalue weighted by atomic mass is 10.2. The number of hydrogen-bond acceptors (Lipinski definition) is 1. The van der Waals surface area contributed by atoms with E-state index in [4.69, 9.17) is 23.2 Å². The van der Waals surface area contributed by atoms with Crippen LogP contribution in [0.2, 0.25) is 10.0 Å². The smallest absolute Gasteiger partial charge is 0.272 e. The predicted molar refractivity (Wildman–Crippen MR) is 82.7 cm³/mol. The van der Waals surface area contributed by atoms with Gasteiger partial charge in [0.25, 0.3) is 5.91 Å². The fourth-order valence-electron chi connectivity index (χ4n) is 1.97. The first-order chi connectivity index (χ1) is 9.63. The van der Waals surface area contributed by atoms with Crippen LogP contribution in [0.5, 0.6) is 0 Å². The number of hydrogen-bond donors (Lipinski definition) is 2. The molecule has 2 N–H and O–H groups in total. The van der Waals surface area contributed by atoms with Gasteiger partial charge in [0.1, 0.15) is 5.69 Å². The van der Waals surface area contributed by atoms with Crippen LogP contribution in [0.4, 0.5) is 5.69 Å². The van der Waals surface area contributed by atoms with Crippen molar-refractivity contribution in [3.8, 4) is 0 Å². The summed E-state index contributed by atoms with van der Waals surface area (Å²) in [5.74, 6) is -0.223. The lowest BCUT2D eigenvalue weighted by Gasteiger charge is -2.04. The highest BCUT2D eigenvalue weighted by Gasteiger charge is 2.10. The Hall–Kier alpha value is -1.97. The molecule has 20 heavy (non-hydrogen) atoms.